The molecule has 0 saturated heterocycles. The molecule has 1 aromatic heterocycles. The summed E-state index contributed by atoms with van der Waals surface area (Å²) in [7, 11) is 0. The standard InChI is InChI=1S/C10H18N2S/c1-8-9(13-7-12-8)4-5-10(2,3)6-11/h7H,4-6,11H2,1-3H3. The van der Waals surface area contributed by atoms with Crippen LogP contribution in [0.5, 0.6) is 0 Å². The molecule has 1 aromatic rings. The van der Waals surface area contributed by atoms with Gasteiger partial charge in [0.1, 0.15) is 0 Å². The Bertz CT molecular complexity index is 266. The minimum atomic E-state index is 0.260. The maximum absolute atomic E-state index is 5.67. The Morgan fingerprint density at radius 2 is 2.23 bits per heavy atom. The van der Waals surface area contributed by atoms with Gasteiger partial charge >= 0.3 is 0 Å². The van der Waals surface area contributed by atoms with Gasteiger partial charge in [0.2, 0.25) is 0 Å². The minimum Gasteiger partial charge on any atom is -0.330 e. The van der Waals surface area contributed by atoms with Crippen LogP contribution in [0.25, 0.3) is 0 Å². The van der Waals surface area contributed by atoms with Crippen LogP contribution in [-0.4, -0.2) is 11.5 Å². The van der Waals surface area contributed by atoms with Crippen LogP contribution in [0.2, 0.25) is 0 Å². The number of thiazole rings is 1. The van der Waals surface area contributed by atoms with Crippen molar-refractivity contribution in [2.24, 2.45) is 11.1 Å². The summed E-state index contributed by atoms with van der Waals surface area (Å²) < 4.78 is 0. The van der Waals surface area contributed by atoms with Crippen molar-refractivity contribution in [1.29, 1.82) is 0 Å². The second-order valence-electron chi connectivity index (χ2n) is 4.23. The van der Waals surface area contributed by atoms with Crippen molar-refractivity contribution in [2.45, 2.75) is 33.6 Å². The van der Waals surface area contributed by atoms with Gasteiger partial charge in [-0.1, -0.05) is 13.8 Å². The molecule has 0 amide bonds. The summed E-state index contributed by atoms with van der Waals surface area (Å²) in [5.41, 5.74) is 9.03. The molecule has 0 aliphatic rings. The molecule has 0 fully saturated rings. The Kier molecular flexibility index (Phi) is 3.45. The van der Waals surface area contributed by atoms with Gasteiger partial charge in [-0.2, -0.15) is 0 Å². The first-order chi connectivity index (χ1) is 6.05. The number of hydrogen-bond donors (Lipinski definition) is 1. The third-order valence-electron chi connectivity index (χ3n) is 2.43. The summed E-state index contributed by atoms with van der Waals surface area (Å²) in [4.78, 5) is 5.63. The van der Waals surface area contributed by atoms with Crippen LogP contribution in [0, 0.1) is 12.3 Å². The number of hydrogen-bond acceptors (Lipinski definition) is 3. The first kappa shape index (κ1) is 10.7. The molecule has 2 nitrogen and oxygen atoms in total. The number of nitrogens with zero attached hydrogens (tertiary/aromatic N) is 1. The monoisotopic (exact) mass is 198 g/mol. The molecule has 0 aliphatic heterocycles. The first-order valence-corrected chi connectivity index (χ1v) is 5.52. The summed E-state index contributed by atoms with van der Waals surface area (Å²) >= 11 is 1.75. The van der Waals surface area contributed by atoms with Crippen molar-refractivity contribution < 1.29 is 0 Å². The van der Waals surface area contributed by atoms with Crippen molar-refractivity contribution in [3.63, 3.8) is 0 Å². The Morgan fingerprint density at radius 3 is 2.69 bits per heavy atom. The molecule has 0 radical (unpaired) electrons. The number of aryl methyl sites for hydroxylation is 2. The Balaban J connectivity index is 2.48. The fourth-order valence-electron chi connectivity index (χ4n) is 1.12. The van der Waals surface area contributed by atoms with Crippen molar-refractivity contribution in [3.8, 4) is 0 Å². The van der Waals surface area contributed by atoms with Gasteiger partial charge in [0.25, 0.3) is 0 Å². The van der Waals surface area contributed by atoms with Gasteiger partial charge in [-0.05, 0) is 31.7 Å². The molecule has 2 N–H and O–H groups in total. The zero-order valence-electron chi connectivity index (χ0n) is 8.63. The summed E-state index contributed by atoms with van der Waals surface area (Å²) in [5, 5.41) is 0. The lowest BCUT2D eigenvalue weighted by Crippen LogP contribution is -2.23. The van der Waals surface area contributed by atoms with E-state index >= 15 is 0 Å². The Hall–Kier alpha value is -0.410. The highest BCUT2D eigenvalue weighted by Crippen LogP contribution is 2.23. The fourth-order valence-corrected chi connectivity index (χ4v) is 1.90. The van der Waals surface area contributed by atoms with Gasteiger partial charge in [0.05, 0.1) is 11.2 Å². The van der Waals surface area contributed by atoms with Crippen LogP contribution >= 0.6 is 11.3 Å². The molecule has 13 heavy (non-hydrogen) atoms. The number of aromatic nitrogens is 1. The van der Waals surface area contributed by atoms with E-state index in [9.17, 15) is 0 Å². The predicted molar refractivity (Wildman–Crippen MR) is 58.0 cm³/mol. The summed E-state index contributed by atoms with van der Waals surface area (Å²) in [6.45, 7) is 7.25. The average Bonchev–Trinajstić information content (AvgIpc) is 2.48. The molecule has 1 rings (SSSR count). The van der Waals surface area contributed by atoms with Gasteiger partial charge in [-0.25, -0.2) is 4.98 Å². The molecule has 1 heterocycles. The predicted octanol–water partition coefficient (Wildman–Crippen LogP) is 2.37. The van der Waals surface area contributed by atoms with Crippen LogP contribution in [0.4, 0.5) is 0 Å². The third kappa shape index (κ3) is 3.08. The fraction of sp³-hybridized carbons (Fsp3) is 0.700. The molecule has 0 atom stereocenters. The van der Waals surface area contributed by atoms with Crippen LogP contribution < -0.4 is 5.73 Å². The van der Waals surface area contributed by atoms with Crippen LogP contribution in [0.15, 0.2) is 5.51 Å². The maximum Gasteiger partial charge on any atom is 0.0797 e. The highest BCUT2D eigenvalue weighted by molar-refractivity contribution is 7.09. The summed E-state index contributed by atoms with van der Waals surface area (Å²) in [5.74, 6) is 0. The highest BCUT2D eigenvalue weighted by Gasteiger charge is 2.16. The van der Waals surface area contributed by atoms with E-state index in [4.69, 9.17) is 5.73 Å². The second-order valence-corrected chi connectivity index (χ2v) is 5.17. The Labute approximate surface area is 84.2 Å². The molecular weight excluding hydrogens is 180 g/mol. The van der Waals surface area contributed by atoms with E-state index in [2.05, 4.69) is 25.8 Å². The highest BCUT2D eigenvalue weighted by atomic mass is 32.1. The van der Waals surface area contributed by atoms with Crippen LogP contribution in [-0.2, 0) is 6.42 Å². The second kappa shape index (κ2) is 4.20. The largest absolute Gasteiger partial charge is 0.330 e. The van der Waals surface area contributed by atoms with Crippen LogP contribution in [0.3, 0.4) is 0 Å². The van der Waals surface area contributed by atoms with Crippen molar-refractivity contribution in [1.82, 2.24) is 4.98 Å². The van der Waals surface area contributed by atoms with Crippen molar-refractivity contribution >= 4 is 11.3 Å². The summed E-state index contributed by atoms with van der Waals surface area (Å²) in [6.07, 6.45) is 2.26. The molecule has 0 unspecified atom stereocenters. The van der Waals surface area contributed by atoms with E-state index in [1.165, 1.54) is 10.6 Å². The molecular formula is C10H18N2S. The van der Waals surface area contributed by atoms with E-state index in [0.717, 1.165) is 19.4 Å². The molecule has 0 saturated carbocycles. The van der Waals surface area contributed by atoms with E-state index in [0.29, 0.717) is 0 Å². The van der Waals surface area contributed by atoms with Crippen molar-refractivity contribution in [2.75, 3.05) is 6.54 Å². The third-order valence-corrected chi connectivity index (χ3v) is 3.42. The smallest absolute Gasteiger partial charge is 0.0797 e. The molecule has 3 heteroatoms. The first-order valence-electron chi connectivity index (χ1n) is 4.64. The Morgan fingerprint density at radius 1 is 1.54 bits per heavy atom. The molecule has 0 bridgehead atoms. The average molecular weight is 198 g/mol. The topological polar surface area (TPSA) is 38.9 Å². The van der Waals surface area contributed by atoms with Crippen molar-refractivity contribution in [3.05, 3.63) is 16.1 Å². The van der Waals surface area contributed by atoms with Gasteiger partial charge < -0.3 is 5.73 Å². The zero-order valence-corrected chi connectivity index (χ0v) is 9.45. The normalized spacial score (nSPS) is 12.0. The molecule has 0 aliphatic carbocycles. The minimum absolute atomic E-state index is 0.260. The lowest BCUT2D eigenvalue weighted by Gasteiger charge is -2.21. The van der Waals surface area contributed by atoms with Gasteiger partial charge in [-0.3, -0.25) is 0 Å². The van der Waals surface area contributed by atoms with E-state index < -0.39 is 0 Å². The maximum atomic E-state index is 5.67. The number of rotatable bonds is 4. The van der Waals surface area contributed by atoms with Gasteiger partial charge in [-0.15, -0.1) is 11.3 Å². The molecule has 0 spiro atoms. The molecule has 0 aromatic carbocycles. The van der Waals surface area contributed by atoms with Gasteiger partial charge in [0, 0.05) is 4.88 Å². The zero-order chi connectivity index (χ0) is 9.90. The SMILES string of the molecule is Cc1ncsc1CCC(C)(C)CN. The lowest BCUT2D eigenvalue weighted by atomic mass is 9.88. The van der Waals surface area contributed by atoms with Gasteiger partial charge in [0.15, 0.2) is 0 Å². The number of nitrogens with two attached hydrogens (primary N) is 1. The lowest BCUT2D eigenvalue weighted by molar-refractivity contribution is 0.348. The van der Waals surface area contributed by atoms with E-state index in [1.807, 2.05) is 5.51 Å². The van der Waals surface area contributed by atoms with Crippen LogP contribution in [0.1, 0.15) is 30.8 Å². The summed E-state index contributed by atoms with van der Waals surface area (Å²) in [6, 6.07) is 0. The van der Waals surface area contributed by atoms with E-state index in [1.54, 1.807) is 11.3 Å². The molecule has 74 valence electrons. The van der Waals surface area contributed by atoms with E-state index in [-0.39, 0.29) is 5.41 Å². The quantitative estimate of drug-likeness (QED) is 0.806.